The number of ether oxygens (including phenoxy) is 2. The second-order valence-corrected chi connectivity index (χ2v) is 9.31. The molecule has 1 N–H and O–H groups in total. The Bertz CT molecular complexity index is 1340. The molecule has 3 heterocycles. The minimum atomic E-state index is -0.630. The molecule has 0 radical (unpaired) electrons. The van der Waals surface area contributed by atoms with Crippen molar-refractivity contribution in [1.29, 1.82) is 0 Å². The number of amides is 1. The van der Waals surface area contributed by atoms with Crippen molar-refractivity contribution in [2.24, 2.45) is 0 Å². The van der Waals surface area contributed by atoms with Crippen molar-refractivity contribution < 1.29 is 23.6 Å². The van der Waals surface area contributed by atoms with E-state index in [2.05, 4.69) is 15.5 Å². The molecule has 1 aromatic carbocycles. The Morgan fingerprint density at radius 3 is 2.56 bits per heavy atom. The summed E-state index contributed by atoms with van der Waals surface area (Å²) >= 11 is 1.65. The molecule has 8 nitrogen and oxygen atoms in total. The van der Waals surface area contributed by atoms with Gasteiger partial charge in [-0.3, -0.25) is 4.79 Å². The first-order valence-electron chi connectivity index (χ1n) is 10.8. The number of nitrogens with zero attached hydrogens (tertiary/aromatic N) is 2. The molecule has 176 valence electrons. The number of esters is 1. The van der Waals surface area contributed by atoms with Crippen LogP contribution in [0, 0.1) is 20.8 Å². The van der Waals surface area contributed by atoms with Crippen LogP contribution in [0.25, 0.3) is 22.4 Å². The highest BCUT2D eigenvalue weighted by Crippen LogP contribution is 2.33. The number of aromatic nitrogens is 2. The van der Waals surface area contributed by atoms with Crippen LogP contribution in [-0.4, -0.2) is 42.3 Å². The maximum Gasteiger partial charge on any atom is 0.339 e. The van der Waals surface area contributed by atoms with Gasteiger partial charge in [0.05, 0.1) is 29.4 Å². The summed E-state index contributed by atoms with van der Waals surface area (Å²) in [4.78, 5) is 31.9. The van der Waals surface area contributed by atoms with E-state index >= 15 is 0 Å². The summed E-state index contributed by atoms with van der Waals surface area (Å²) in [5.74, 6) is -0.228. The van der Waals surface area contributed by atoms with Gasteiger partial charge in [-0.2, -0.15) is 0 Å². The monoisotopic (exact) mass is 479 g/mol. The molecule has 0 aliphatic carbocycles. The minimum absolute atomic E-state index is 0.258. The first-order valence-corrected chi connectivity index (χ1v) is 11.6. The second kappa shape index (κ2) is 10.0. The Labute approximate surface area is 200 Å². The molecule has 9 heteroatoms. The maximum atomic E-state index is 12.9. The number of aryl methyl sites for hydroxylation is 3. The number of nitrogens with one attached hydrogen (secondary N) is 1. The van der Waals surface area contributed by atoms with Crippen LogP contribution in [0.1, 0.15) is 31.4 Å². The molecule has 0 unspecified atom stereocenters. The van der Waals surface area contributed by atoms with Crippen molar-refractivity contribution in [2.45, 2.75) is 27.2 Å². The molecular formula is C25H25N3O5S. The van der Waals surface area contributed by atoms with E-state index in [-0.39, 0.29) is 23.8 Å². The second-order valence-electron chi connectivity index (χ2n) is 7.85. The molecular weight excluding hydrogens is 454 g/mol. The van der Waals surface area contributed by atoms with E-state index in [1.54, 1.807) is 31.4 Å². The van der Waals surface area contributed by atoms with E-state index in [0.717, 1.165) is 26.6 Å². The van der Waals surface area contributed by atoms with Gasteiger partial charge < -0.3 is 19.3 Å². The Hall–Kier alpha value is -3.72. The van der Waals surface area contributed by atoms with Crippen molar-refractivity contribution in [3.05, 3.63) is 63.0 Å². The molecule has 4 rings (SSSR count). The van der Waals surface area contributed by atoms with E-state index in [4.69, 9.17) is 14.0 Å². The standard InChI is InChI=1S/C25H25N3O5S/c1-14-11-19(16(3)34-14)21-12-20(23-15(2)28-33-24(23)27-21)25(30)32-13-22(29)26-10-9-17-5-7-18(31-4)8-6-17/h5-8,11-12H,9-10,13H2,1-4H3,(H,26,29). The SMILES string of the molecule is COc1ccc(CCNC(=O)COC(=O)c2cc(-c3cc(C)sc3C)nc3onc(C)c23)cc1. The third kappa shape index (κ3) is 5.09. The lowest BCUT2D eigenvalue weighted by atomic mass is 10.1. The summed E-state index contributed by atoms with van der Waals surface area (Å²) in [6.07, 6.45) is 0.650. The maximum absolute atomic E-state index is 12.9. The van der Waals surface area contributed by atoms with E-state index in [1.165, 1.54) is 0 Å². The van der Waals surface area contributed by atoms with Gasteiger partial charge in [0, 0.05) is 21.9 Å². The van der Waals surface area contributed by atoms with Crippen molar-refractivity contribution >= 4 is 34.3 Å². The molecule has 0 bridgehead atoms. The first-order chi connectivity index (χ1) is 16.4. The molecule has 1 amide bonds. The van der Waals surface area contributed by atoms with Gasteiger partial charge in [0.2, 0.25) is 0 Å². The lowest BCUT2D eigenvalue weighted by Crippen LogP contribution is -2.30. The molecule has 0 aliphatic heterocycles. The summed E-state index contributed by atoms with van der Waals surface area (Å²) < 4.78 is 15.8. The number of hydrogen-bond acceptors (Lipinski definition) is 8. The summed E-state index contributed by atoms with van der Waals surface area (Å²) in [6, 6.07) is 11.3. The molecule has 3 aromatic heterocycles. The molecule has 0 aliphatic rings. The van der Waals surface area contributed by atoms with Crippen LogP contribution in [0.4, 0.5) is 0 Å². The zero-order valence-corrected chi connectivity index (χ0v) is 20.2. The molecule has 0 fully saturated rings. The van der Waals surface area contributed by atoms with E-state index in [9.17, 15) is 9.59 Å². The fourth-order valence-corrected chi connectivity index (χ4v) is 4.61. The highest BCUT2D eigenvalue weighted by molar-refractivity contribution is 7.12. The number of benzene rings is 1. The predicted molar refractivity (Wildman–Crippen MR) is 129 cm³/mol. The number of carbonyl (C=O) groups excluding carboxylic acids is 2. The van der Waals surface area contributed by atoms with E-state index in [0.29, 0.717) is 29.7 Å². The van der Waals surface area contributed by atoms with Crippen LogP contribution in [0.5, 0.6) is 5.75 Å². The van der Waals surface area contributed by atoms with Gasteiger partial charge in [-0.25, -0.2) is 9.78 Å². The fraction of sp³-hybridized carbons (Fsp3) is 0.280. The largest absolute Gasteiger partial charge is 0.497 e. The van der Waals surface area contributed by atoms with Crippen LogP contribution in [-0.2, 0) is 16.0 Å². The third-order valence-corrected chi connectivity index (χ3v) is 6.35. The zero-order valence-electron chi connectivity index (χ0n) is 19.4. The molecule has 4 aromatic rings. The highest BCUT2D eigenvalue weighted by atomic mass is 32.1. The molecule has 34 heavy (non-hydrogen) atoms. The van der Waals surface area contributed by atoms with Gasteiger partial charge in [-0.15, -0.1) is 11.3 Å². The molecule has 0 saturated carbocycles. The lowest BCUT2D eigenvalue weighted by molar-refractivity contribution is -0.124. The number of rotatable bonds is 8. The first kappa shape index (κ1) is 23.4. The van der Waals surface area contributed by atoms with Gasteiger partial charge in [0.1, 0.15) is 5.75 Å². The van der Waals surface area contributed by atoms with Gasteiger partial charge in [0.15, 0.2) is 6.61 Å². The fourth-order valence-electron chi connectivity index (χ4n) is 3.68. The molecule has 0 saturated heterocycles. The summed E-state index contributed by atoms with van der Waals surface area (Å²) in [5.41, 5.74) is 3.64. The van der Waals surface area contributed by atoms with Gasteiger partial charge in [0.25, 0.3) is 11.6 Å². The van der Waals surface area contributed by atoms with Crippen LogP contribution in [0.2, 0.25) is 0 Å². The minimum Gasteiger partial charge on any atom is -0.497 e. The summed E-state index contributed by atoms with van der Waals surface area (Å²) in [7, 11) is 1.61. The Morgan fingerprint density at radius 2 is 1.88 bits per heavy atom. The zero-order chi connectivity index (χ0) is 24.2. The van der Waals surface area contributed by atoms with Crippen molar-refractivity contribution in [1.82, 2.24) is 15.5 Å². The Balaban J connectivity index is 1.42. The number of hydrogen-bond donors (Lipinski definition) is 1. The predicted octanol–water partition coefficient (Wildman–Crippen LogP) is 4.40. The average Bonchev–Trinajstić information content (AvgIpc) is 3.38. The van der Waals surface area contributed by atoms with Crippen LogP contribution in [0.15, 0.2) is 40.9 Å². The van der Waals surface area contributed by atoms with Crippen LogP contribution >= 0.6 is 11.3 Å². The summed E-state index contributed by atoms with van der Waals surface area (Å²) in [6.45, 7) is 5.78. The van der Waals surface area contributed by atoms with E-state index < -0.39 is 5.97 Å². The van der Waals surface area contributed by atoms with Crippen LogP contribution in [0.3, 0.4) is 0 Å². The topological polar surface area (TPSA) is 104 Å². The third-order valence-electron chi connectivity index (χ3n) is 5.38. The average molecular weight is 480 g/mol. The van der Waals surface area contributed by atoms with Gasteiger partial charge in [-0.05, 0) is 57.0 Å². The molecule has 0 atom stereocenters. The number of thiophene rings is 1. The smallest absolute Gasteiger partial charge is 0.339 e. The van der Waals surface area contributed by atoms with Gasteiger partial charge >= 0.3 is 5.97 Å². The number of carbonyl (C=O) groups is 2. The summed E-state index contributed by atoms with van der Waals surface area (Å²) in [5, 5.41) is 7.20. The van der Waals surface area contributed by atoms with Crippen LogP contribution < -0.4 is 10.1 Å². The quantitative estimate of drug-likeness (QED) is 0.374. The number of methoxy groups -OCH3 is 1. The number of pyridine rings is 1. The highest BCUT2D eigenvalue weighted by Gasteiger charge is 2.22. The molecule has 0 spiro atoms. The van der Waals surface area contributed by atoms with Crippen molar-refractivity contribution in [2.75, 3.05) is 20.3 Å². The lowest BCUT2D eigenvalue weighted by Gasteiger charge is -2.09. The Morgan fingerprint density at radius 1 is 1.12 bits per heavy atom. The van der Waals surface area contributed by atoms with E-state index in [1.807, 2.05) is 44.2 Å². The Kier molecular flexibility index (Phi) is 6.93. The van der Waals surface area contributed by atoms with Crippen molar-refractivity contribution in [3.63, 3.8) is 0 Å². The van der Waals surface area contributed by atoms with Crippen molar-refractivity contribution in [3.8, 4) is 17.0 Å². The normalized spacial score (nSPS) is 10.9. The number of fused-ring (bicyclic) bond motifs is 1. The van der Waals surface area contributed by atoms with Gasteiger partial charge in [-0.1, -0.05) is 17.3 Å².